The van der Waals surface area contributed by atoms with E-state index >= 15 is 0 Å². The Morgan fingerprint density at radius 2 is 2.00 bits per heavy atom. The minimum absolute atomic E-state index is 0.162. The quantitative estimate of drug-likeness (QED) is 0.493. The number of nitrogens with one attached hydrogen (secondary N) is 1. The fraction of sp³-hybridized carbons (Fsp3) is 0.143. The summed E-state index contributed by atoms with van der Waals surface area (Å²) in [6, 6.07) is 8.72. The molecule has 8 nitrogen and oxygen atoms in total. The molecule has 0 aliphatic rings. The lowest BCUT2D eigenvalue weighted by atomic mass is 10.2. The van der Waals surface area contributed by atoms with Crippen LogP contribution in [-0.4, -0.2) is 23.4 Å². The fourth-order valence-corrected chi connectivity index (χ4v) is 1.66. The highest BCUT2D eigenvalue weighted by molar-refractivity contribution is 5.95. The van der Waals surface area contributed by atoms with E-state index in [1.807, 2.05) is 0 Å². The summed E-state index contributed by atoms with van der Waals surface area (Å²) in [5.41, 5.74) is -0.574. The molecule has 0 saturated heterocycles. The van der Waals surface area contributed by atoms with E-state index in [4.69, 9.17) is 9.15 Å². The number of carbonyl (C=O) groups excluding carboxylic acids is 2. The number of ether oxygens (including phenoxy) is 1. The summed E-state index contributed by atoms with van der Waals surface area (Å²) in [7, 11) is 0. The van der Waals surface area contributed by atoms with E-state index < -0.39 is 23.4 Å². The van der Waals surface area contributed by atoms with E-state index in [0.29, 0.717) is 5.76 Å². The summed E-state index contributed by atoms with van der Waals surface area (Å²) in [6.45, 7) is -0.375. The highest BCUT2D eigenvalue weighted by Gasteiger charge is 2.21. The first-order valence-corrected chi connectivity index (χ1v) is 6.27. The predicted octanol–water partition coefficient (Wildman–Crippen LogP) is 1.66. The van der Waals surface area contributed by atoms with Crippen molar-refractivity contribution >= 4 is 17.6 Å². The molecule has 1 amide bonds. The molecule has 1 N–H and O–H groups in total. The van der Waals surface area contributed by atoms with Gasteiger partial charge in [-0.2, -0.15) is 0 Å². The lowest BCUT2D eigenvalue weighted by Crippen LogP contribution is -2.28. The van der Waals surface area contributed by atoms with Crippen LogP contribution in [0.3, 0.4) is 0 Å². The van der Waals surface area contributed by atoms with Crippen LogP contribution in [0.25, 0.3) is 0 Å². The number of rotatable bonds is 6. The zero-order chi connectivity index (χ0) is 15.9. The molecular weight excluding hydrogens is 292 g/mol. The Morgan fingerprint density at radius 1 is 1.23 bits per heavy atom. The van der Waals surface area contributed by atoms with Crippen LogP contribution < -0.4 is 5.32 Å². The van der Waals surface area contributed by atoms with Crippen molar-refractivity contribution in [1.29, 1.82) is 0 Å². The number of hydrogen-bond acceptors (Lipinski definition) is 6. The Morgan fingerprint density at radius 3 is 2.68 bits per heavy atom. The summed E-state index contributed by atoms with van der Waals surface area (Å²) in [5, 5.41) is 13.3. The van der Waals surface area contributed by atoms with Crippen LogP contribution in [0.1, 0.15) is 16.1 Å². The van der Waals surface area contributed by atoms with Gasteiger partial charge in [-0.1, -0.05) is 12.1 Å². The van der Waals surface area contributed by atoms with Crippen molar-refractivity contribution in [3.63, 3.8) is 0 Å². The van der Waals surface area contributed by atoms with Gasteiger partial charge < -0.3 is 14.5 Å². The second-order valence-corrected chi connectivity index (χ2v) is 4.21. The molecule has 1 aromatic heterocycles. The van der Waals surface area contributed by atoms with Crippen molar-refractivity contribution in [3.05, 3.63) is 64.1 Å². The molecule has 0 aliphatic heterocycles. The number of nitro groups is 1. The van der Waals surface area contributed by atoms with Crippen LogP contribution in [0.2, 0.25) is 0 Å². The maximum atomic E-state index is 11.8. The molecule has 1 heterocycles. The van der Waals surface area contributed by atoms with Gasteiger partial charge in [-0.3, -0.25) is 14.9 Å². The minimum Gasteiger partial charge on any atom is -0.467 e. The van der Waals surface area contributed by atoms with Crippen molar-refractivity contribution < 1.29 is 23.7 Å². The number of furan rings is 1. The number of amides is 1. The number of nitro benzene ring substituents is 1. The highest BCUT2D eigenvalue weighted by Crippen LogP contribution is 2.18. The molecule has 0 aliphatic carbocycles. The van der Waals surface area contributed by atoms with Crippen molar-refractivity contribution in [2.75, 3.05) is 6.61 Å². The normalized spacial score (nSPS) is 10.0. The van der Waals surface area contributed by atoms with Crippen molar-refractivity contribution in [1.82, 2.24) is 5.32 Å². The molecule has 22 heavy (non-hydrogen) atoms. The van der Waals surface area contributed by atoms with Gasteiger partial charge in [0, 0.05) is 6.07 Å². The molecule has 0 unspecified atom stereocenters. The maximum Gasteiger partial charge on any atom is 0.345 e. The molecule has 8 heteroatoms. The van der Waals surface area contributed by atoms with Crippen LogP contribution in [0.5, 0.6) is 0 Å². The summed E-state index contributed by atoms with van der Waals surface area (Å²) >= 11 is 0. The molecule has 0 spiro atoms. The molecule has 114 valence electrons. The topological polar surface area (TPSA) is 112 Å². The molecule has 0 fully saturated rings. The average Bonchev–Trinajstić information content (AvgIpc) is 3.04. The van der Waals surface area contributed by atoms with Gasteiger partial charge in [-0.05, 0) is 18.2 Å². The summed E-state index contributed by atoms with van der Waals surface area (Å²) in [5.74, 6) is -0.915. The van der Waals surface area contributed by atoms with Gasteiger partial charge in [0.25, 0.3) is 11.6 Å². The molecule has 2 aromatic rings. The Labute approximate surface area is 124 Å². The van der Waals surface area contributed by atoms with E-state index in [-0.39, 0.29) is 17.8 Å². The van der Waals surface area contributed by atoms with Gasteiger partial charge in [0.1, 0.15) is 11.3 Å². The van der Waals surface area contributed by atoms with E-state index in [0.717, 1.165) is 0 Å². The molecular formula is C14H12N2O6. The number of para-hydroxylation sites is 1. The minimum atomic E-state index is -0.930. The highest BCUT2D eigenvalue weighted by atomic mass is 16.6. The van der Waals surface area contributed by atoms with Crippen molar-refractivity contribution in [2.45, 2.75) is 6.54 Å². The van der Waals surface area contributed by atoms with Crippen LogP contribution in [-0.2, 0) is 16.1 Å². The standard InChI is InChI=1S/C14H12N2O6/c17-13(15-8-10-4-3-7-21-10)9-22-14(18)11-5-1-2-6-12(11)16(19)20/h1-7H,8-9H2,(H,15,17). The van der Waals surface area contributed by atoms with E-state index in [1.54, 1.807) is 12.1 Å². The molecule has 0 saturated carbocycles. The van der Waals surface area contributed by atoms with Crippen molar-refractivity contribution in [3.8, 4) is 0 Å². The van der Waals surface area contributed by atoms with Crippen LogP contribution in [0, 0.1) is 10.1 Å². The number of esters is 1. The van der Waals surface area contributed by atoms with E-state index in [1.165, 1.54) is 30.5 Å². The number of carbonyl (C=O) groups is 2. The van der Waals surface area contributed by atoms with Gasteiger partial charge in [0.05, 0.1) is 17.7 Å². The van der Waals surface area contributed by atoms with Crippen LogP contribution in [0.4, 0.5) is 5.69 Å². The predicted molar refractivity (Wildman–Crippen MR) is 73.9 cm³/mol. The first-order chi connectivity index (χ1) is 10.6. The number of nitrogens with zero attached hydrogens (tertiary/aromatic N) is 1. The molecule has 0 atom stereocenters. The van der Waals surface area contributed by atoms with Gasteiger partial charge in [0.2, 0.25) is 0 Å². The average molecular weight is 304 g/mol. The summed E-state index contributed by atoms with van der Waals surface area (Å²) in [4.78, 5) is 33.4. The Hall–Kier alpha value is -3.16. The van der Waals surface area contributed by atoms with Gasteiger partial charge in [-0.25, -0.2) is 4.79 Å². The van der Waals surface area contributed by atoms with Gasteiger partial charge in [-0.15, -0.1) is 0 Å². The second kappa shape index (κ2) is 7.02. The van der Waals surface area contributed by atoms with Crippen LogP contribution in [0.15, 0.2) is 47.1 Å². The molecule has 0 bridgehead atoms. The molecule has 1 aromatic carbocycles. The Balaban J connectivity index is 1.87. The maximum absolute atomic E-state index is 11.8. The zero-order valence-electron chi connectivity index (χ0n) is 11.4. The summed E-state index contributed by atoms with van der Waals surface area (Å²) < 4.78 is 9.79. The summed E-state index contributed by atoms with van der Waals surface area (Å²) in [6.07, 6.45) is 1.47. The molecule has 2 rings (SSSR count). The monoisotopic (exact) mass is 304 g/mol. The lowest BCUT2D eigenvalue weighted by Gasteiger charge is -2.06. The zero-order valence-corrected chi connectivity index (χ0v) is 11.4. The number of benzene rings is 1. The Kier molecular flexibility index (Phi) is 4.86. The van der Waals surface area contributed by atoms with E-state index in [2.05, 4.69) is 5.32 Å². The first-order valence-electron chi connectivity index (χ1n) is 6.27. The number of hydrogen-bond donors (Lipinski definition) is 1. The van der Waals surface area contributed by atoms with Gasteiger partial charge >= 0.3 is 5.97 Å². The van der Waals surface area contributed by atoms with Gasteiger partial charge in [0.15, 0.2) is 6.61 Å². The smallest absolute Gasteiger partial charge is 0.345 e. The Bertz CT molecular complexity index is 680. The van der Waals surface area contributed by atoms with Crippen LogP contribution >= 0.6 is 0 Å². The second-order valence-electron chi connectivity index (χ2n) is 4.21. The van der Waals surface area contributed by atoms with E-state index in [9.17, 15) is 19.7 Å². The lowest BCUT2D eigenvalue weighted by molar-refractivity contribution is -0.385. The SMILES string of the molecule is O=C(COC(=O)c1ccccc1[N+](=O)[O-])NCc1ccco1. The molecule has 0 radical (unpaired) electrons. The third-order valence-electron chi connectivity index (χ3n) is 2.69. The first kappa shape index (κ1) is 15.2. The fourth-order valence-electron chi connectivity index (χ4n) is 1.66. The third kappa shape index (κ3) is 3.92. The third-order valence-corrected chi connectivity index (χ3v) is 2.69. The van der Waals surface area contributed by atoms with Crippen molar-refractivity contribution in [2.24, 2.45) is 0 Å². The largest absolute Gasteiger partial charge is 0.467 e.